The van der Waals surface area contributed by atoms with Gasteiger partial charge in [0.15, 0.2) is 0 Å². The first-order valence-electron chi connectivity index (χ1n) is 9.70. The molecule has 140 valence electrons. The van der Waals surface area contributed by atoms with E-state index in [1.165, 1.54) is 38.5 Å². The Balaban J connectivity index is 3.69. The van der Waals surface area contributed by atoms with E-state index in [1.807, 2.05) is 0 Å². The number of hydrogen-bond acceptors (Lipinski definition) is 3. The van der Waals surface area contributed by atoms with E-state index in [9.17, 15) is 10.2 Å². The molecule has 3 N–H and O–H groups in total. The van der Waals surface area contributed by atoms with Crippen molar-refractivity contribution in [1.82, 2.24) is 0 Å². The van der Waals surface area contributed by atoms with Crippen LogP contribution in [0, 0.1) is 17.8 Å². The summed E-state index contributed by atoms with van der Waals surface area (Å²) in [4.78, 5) is 0. The monoisotopic (exact) mass is 330 g/mol. The van der Waals surface area contributed by atoms with Crippen molar-refractivity contribution in [2.24, 2.45) is 17.8 Å². The molecule has 0 aliphatic carbocycles. The van der Waals surface area contributed by atoms with Gasteiger partial charge >= 0.3 is 0 Å². The van der Waals surface area contributed by atoms with E-state index in [0.29, 0.717) is 12.3 Å². The summed E-state index contributed by atoms with van der Waals surface area (Å²) in [6, 6.07) is 0. The summed E-state index contributed by atoms with van der Waals surface area (Å²) in [5.41, 5.74) is -1.17. The van der Waals surface area contributed by atoms with Crippen LogP contribution in [-0.2, 0) is 0 Å². The van der Waals surface area contributed by atoms with E-state index in [2.05, 4.69) is 27.7 Å². The Morgan fingerprint density at radius 2 is 1.22 bits per heavy atom. The third-order valence-corrected chi connectivity index (χ3v) is 5.14. The topological polar surface area (TPSA) is 60.7 Å². The molecular formula is C20H42O3. The highest BCUT2D eigenvalue weighted by molar-refractivity contribution is 4.81. The average molecular weight is 331 g/mol. The Bertz CT molecular complexity index is 276. The summed E-state index contributed by atoms with van der Waals surface area (Å²) < 4.78 is 0. The summed E-state index contributed by atoms with van der Waals surface area (Å²) in [5, 5.41) is 28.5. The maximum atomic E-state index is 10.1. The van der Waals surface area contributed by atoms with Crippen molar-refractivity contribution in [3.8, 4) is 0 Å². The largest absolute Gasteiger partial charge is 0.394 e. The minimum atomic E-state index is -1.17. The third kappa shape index (κ3) is 12.0. The molecule has 0 unspecified atom stereocenters. The van der Waals surface area contributed by atoms with Crippen LogP contribution in [0.5, 0.6) is 0 Å². The molecule has 0 radical (unpaired) electrons. The van der Waals surface area contributed by atoms with Crippen LogP contribution in [0.1, 0.15) is 92.4 Å². The predicted molar refractivity (Wildman–Crippen MR) is 98.4 cm³/mol. The summed E-state index contributed by atoms with van der Waals surface area (Å²) in [5.74, 6) is 2.32. The van der Waals surface area contributed by atoms with Gasteiger partial charge in [-0.1, -0.05) is 79.1 Å². The van der Waals surface area contributed by atoms with Crippen molar-refractivity contribution < 1.29 is 15.3 Å². The smallest absolute Gasteiger partial charge is 0.105 e. The molecule has 4 atom stereocenters. The highest BCUT2D eigenvalue weighted by atomic mass is 16.4. The Morgan fingerprint density at radius 1 is 0.783 bits per heavy atom. The molecule has 0 rings (SSSR count). The van der Waals surface area contributed by atoms with E-state index in [1.54, 1.807) is 6.92 Å². The highest BCUT2D eigenvalue weighted by Crippen LogP contribution is 2.24. The number of aliphatic hydroxyl groups excluding tert-OH is 2. The first-order valence-corrected chi connectivity index (χ1v) is 9.70. The lowest BCUT2D eigenvalue weighted by atomic mass is 9.88. The molecule has 3 nitrogen and oxygen atoms in total. The lowest BCUT2D eigenvalue weighted by Gasteiger charge is -2.28. The molecule has 0 spiro atoms. The first kappa shape index (κ1) is 22.9. The van der Waals surface area contributed by atoms with Gasteiger partial charge in [-0.05, 0) is 31.1 Å². The van der Waals surface area contributed by atoms with Crippen LogP contribution in [-0.4, -0.2) is 33.6 Å². The standard InChI is InChI=1S/C20H42O3/c1-16(2)9-6-10-17(3)11-7-12-18(4)13-8-14-20(5,23)19(22)15-21/h16-19,21-23H,6-15H2,1-5H3/t17-,18-,19-,20-/m0/s1. The lowest BCUT2D eigenvalue weighted by Crippen LogP contribution is -2.41. The quantitative estimate of drug-likeness (QED) is 0.438. The molecule has 0 aliphatic heterocycles. The zero-order valence-corrected chi connectivity index (χ0v) is 16.2. The summed E-state index contributed by atoms with van der Waals surface area (Å²) >= 11 is 0. The highest BCUT2D eigenvalue weighted by Gasteiger charge is 2.29. The Labute approximate surface area is 144 Å². The molecule has 0 heterocycles. The van der Waals surface area contributed by atoms with Crippen molar-refractivity contribution in [3.63, 3.8) is 0 Å². The molecule has 23 heavy (non-hydrogen) atoms. The van der Waals surface area contributed by atoms with E-state index >= 15 is 0 Å². The minimum Gasteiger partial charge on any atom is -0.394 e. The van der Waals surface area contributed by atoms with E-state index in [4.69, 9.17) is 5.11 Å². The van der Waals surface area contributed by atoms with Gasteiger partial charge in [-0.15, -0.1) is 0 Å². The molecule has 0 aromatic rings. The molecule has 0 saturated carbocycles. The molecule has 0 bridgehead atoms. The second-order valence-corrected chi connectivity index (χ2v) is 8.41. The number of hydrogen-bond donors (Lipinski definition) is 3. The first-order chi connectivity index (χ1) is 10.7. The fourth-order valence-electron chi connectivity index (χ4n) is 3.15. The molecule has 0 saturated heterocycles. The Morgan fingerprint density at radius 3 is 1.65 bits per heavy atom. The van der Waals surface area contributed by atoms with Gasteiger partial charge in [0.25, 0.3) is 0 Å². The van der Waals surface area contributed by atoms with Gasteiger partial charge in [-0.25, -0.2) is 0 Å². The lowest BCUT2D eigenvalue weighted by molar-refractivity contribution is -0.0886. The number of rotatable bonds is 14. The molecule has 3 heteroatoms. The molecule has 0 aromatic carbocycles. The van der Waals surface area contributed by atoms with Gasteiger partial charge < -0.3 is 15.3 Å². The fourth-order valence-corrected chi connectivity index (χ4v) is 3.15. The molecular weight excluding hydrogens is 288 g/mol. The molecule has 0 aliphatic rings. The van der Waals surface area contributed by atoms with Crippen LogP contribution in [0.4, 0.5) is 0 Å². The van der Waals surface area contributed by atoms with Crippen LogP contribution in [0.25, 0.3) is 0 Å². The van der Waals surface area contributed by atoms with Crippen molar-refractivity contribution in [2.45, 2.75) is 104 Å². The minimum absolute atomic E-state index is 0.378. The zero-order chi connectivity index (χ0) is 17.9. The summed E-state index contributed by atoms with van der Waals surface area (Å²) in [6.45, 7) is 10.5. The van der Waals surface area contributed by atoms with Gasteiger partial charge in [0.05, 0.1) is 12.2 Å². The van der Waals surface area contributed by atoms with Gasteiger partial charge in [-0.2, -0.15) is 0 Å². The predicted octanol–water partition coefficient (Wildman–Crippen LogP) is 4.53. The van der Waals surface area contributed by atoms with Gasteiger partial charge in [-0.3, -0.25) is 0 Å². The van der Waals surface area contributed by atoms with E-state index < -0.39 is 11.7 Å². The van der Waals surface area contributed by atoms with E-state index in [-0.39, 0.29) is 6.61 Å². The Kier molecular flexibility index (Phi) is 12.2. The van der Waals surface area contributed by atoms with Gasteiger partial charge in [0.1, 0.15) is 6.10 Å². The van der Waals surface area contributed by atoms with Gasteiger partial charge in [0, 0.05) is 0 Å². The van der Waals surface area contributed by atoms with Crippen LogP contribution < -0.4 is 0 Å². The van der Waals surface area contributed by atoms with Crippen LogP contribution >= 0.6 is 0 Å². The summed E-state index contributed by atoms with van der Waals surface area (Å²) in [6.07, 6.45) is 9.41. The molecule has 0 fully saturated rings. The SMILES string of the molecule is CC(C)CCC[C@H](C)CCC[C@H](C)CCC[C@](C)(O)[C@@H](O)CO. The van der Waals surface area contributed by atoms with Crippen LogP contribution in [0.15, 0.2) is 0 Å². The van der Waals surface area contributed by atoms with E-state index in [0.717, 1.165) is 24.7 Å². The van der Waals surface area contributed by atoms with Gasteiger partial charge in [0.2, 0.25) is 0 Å². The second kappa shape index (κ2) is 12.3. The maximum Gasteiger partial charge on any atom is 0.105 e. The molecule has 0 amide bonds. The normalized spacial score (nSPS) is 18.7. The van der Waals surface area contributed by atoms with Crippen molar-refractivity contribution in [2.75, 3.05) is 6.61 Å². The van der Waals surface area contributed by atoms with Crippen LogP contribution in [0.3, 0.4) is 0 Å². The average Bonchev–Trinajstić information content (AvgIpc) is 2.45. The fraction of sp³-hybridized carbons (Fsp3) is 1.00. The Hall–Kier alpha value is -0.120. The van der Waals surface area contributed by atoms with Crippen LogP contribution in [0.2, 0.25) is 0 Å². The van der Waals surface area contributed by atoms with Crippen molar-refractivity contribution in [1.29, 1.82) is 0 Å². The van der Waals surface area contributed by atoms with Crippen molar-refractivity contribution >= 4 is 0 Å². The third-order valence-electron chi connectivity index (χ3n) is 5.14. The second-order valence-electron chi connectivity index (χ2n) is 8.41. The molecule has 0 aromatic heterocycles. The zero-order valence-electron chi connectivity index (χ0n) is 16.2. The summed E-state index contributed by atoms with van der Waals surface area (Å²) in [7, 11) is 0. The maximum absolute atomic E-state index is 10.1. The number of aliphatic hydroxyl groups is 3. The van der Waals surface area contributed by atoms with Crippen molar-refractivity contribution in [3.05, 3.63) is 0 Å².